The molecule has 1 aromatic carbocycles. The molecule has 0 unspecified atom stereocenters. The zero-order valence-electron chi connectivity index (χ0n) is 14.1. The van der Waals surface area contributed by atoms with E-state index in [1.165, 1.54) is 0 Å². The molecule has 2 rings (SSSR count). The summed E-state index contributed by atoms with van der Waals surface area (Å²) in [6, 6.07) is 5.63. The molecule has 128 valence electrons. The van der Waals surface area contributed by atoms with Crippen molar-refractivity contribution in [2.45, 2.75) is 38.3 Å². The lowest BCUT2D eigenvalue weighted by atomic mass is 10.1. The van der Waals surface area contributed by atoms with Gasteiger partial charge in [-0.05, 0) is 43.9 Å². The normalized spacial score (nSPS) is 18.3. The Morgan fingerprint density at radius 3 is 2.78 bits per heavy atom. The molecule has 2 amide bonds. The molecule has 2 N–H and O–H groups in total. The first-order chi connectivity index (χ1) is 11.1. The van der Waals surface area contributed by atoms with E-state index in [1.807, 2.05) is 25.1 Å². The van der Waals surface area contributed by atoms with E-state index in [1.54, 1.807) is 14.2 Å². The van der Waals surface area contributed by atoms with Crippen molar-refractivity contribution in [3.8, 4) is 11.5 Å². The Morgan fingerprint density at radius 1 is 1.35 bits per heavy atom. The summed E-state index contributed by atoms with van der Waals surface area (Å²) in [4.78, 5) is 11.9. The molecule has 0 aromatic heterocycles. The van der Waals surface area contributed by atoms with Crippen LogP contribution in [0.4, 0.5) is 4.79 Å². The molecule has 1 aliphatic rings. The Kier molecular flexibility index (Phi) is 6.52. The summed E-state index contributed by atoms with van der Waals surface area (Å²) in [7, 11) is 3.22. The van der Waals surface area contributed by atoms with E-state index in [0.717, 1.165) is 31.4 Å². The first kappa shape index (κ1) is 17.4. The first-order valence-electron chi connectivity index (χ1n) is 8.01. The molecule has 2 atom stereocenters. The lowest BCUT2D eigenvalue weighted by Crippen LogP contribution is -2.46. The van der Waals surface area contributed by atoms with Crippen molar-refractivity contribution in [1.29, 1.82) is 0 Å². The van der Waals surface area contributed by atoms with Gasteiger partial charge in [0, 0.05) is 13.2 Å². The minimum Gasteiger partial charge on any atom is -0.493 e. The Balaban J connectivity index is 1.74. The molecule has 6 heteroatoms. The van der Waals surface area contributed by atoms with Gasteiger partial charge in [0.15, 0.2) is 11.5 Å². The minimum atomic E-state index is -0.159. The standard InChI is InChI=1S/C17H26N2O4/c1-12(14-5-4-10-23-14)19-17(20)18-9-8-13-6-7-15(21-2)16(11-13)22-3/h6-7,11-12,14H,4-5,8-10H2,1-3H3,(H2,18,19,20)/t12-,14-/m1/s1. The zero-order chi connectivity index (χ0) is 16.7. The Labute approximate surface area is 137 Å². The fraction of sp³-hybridized carbons (Fsp3) is 0.588. The van der Waals surface area contributed by atoms with Crippen LogP contribution in [0.1, 0.15) is 25.3 Å². The van der Waals surface area contributed by atoms with Gasteiger partial charge in [0.2, 0.25) is 0 Å². The number of carbonyl (C=O) groups is 1. The summed E-state index contributed by atoms with van der Waals surface area (Å²) in [5.74, 6) is 1.40. The van der Waals surface area contributed by atoms with Crippen LogP contribution in [-0.2, 0) is 11.2 Å². The Morgan fingerprint density at radius 2 is 2.13 bits per heavy atom. The maximum Gasteiger partial charge on any atom is 0.315 e. The number of rotatable bonds is 7. The van der Waals surface area contributed by atoms with Gasteiger partial charge in [0.1, 0.15) is 0 Å². The number of amides is 2. The second-order valence-electron chi connectivity index (χ2n) is 5.68. The quantitative estimate of drug-likeness (QED) is 0.807. The average Bonchev–Trinajstić information content (AvgIpc) is 3.09. The van der Waals surface area contributed by atoms with Crippen LogP contribution in [0.3, 0.4) is 0 Å². The highest BCUT2D eigenvalue weighted by molar-refractivity contribution is 5.74. The van der Waals surface area contributed by atoms with Gasteiger partial charge in [-0.25, -0.2) is 4.79 Å². The number of ether oxygens (including phenoxy) is 3. The van der Waals surface area contributed by atoms with Crippen LogP contribution in [0.5, 0.6) is 11.5 Å². The monoisotopic (exact) mass is 322 g/mol. The molecule has 6 nitrogen and oxygen atoms in total. The lowest BCUT2D eigenvalue weighted by molar-refractivity contribution is 0.0860. The number of carbonyl (C=O) groups excluding carboxylic acids is 1. The molecule has 23 heavy (non-hydrogen) atoms. The van der Waals surface area contributed by atoms with Crippen molar-refractivity contribution in [2.24, 2.45) is 0 Å². The van der Waals surface area contributed by atoms with Gasteiger partial charge >= 0.3 is 6.03 Å². The molecular weight excluding hydrogens is 296 g/mol. The highest BCUT2D eigenvalue weighted by Crippen LogP contribution is 2.27. The summed E-state index contributed by atoms with van der Waals surface area (Å²) in [5.41, 5.74) is 1.08. The van der Waals surface area contributed by atoms with Gasteiger partial charge in [-0.1, -0.05) is 6.07 Å². The summed E-state index contributed by atoms with van der Waals surface area (Å²) in [6.07, 6.45) is 2.93. The average molecular weight is 322 g/mol. The second-order valence-corrected chi connectivity index (χ2v) is 5.68. The largest absolute Gasteiger partial charge is 0.493 e. The third kappa shape index (κ3) is 5.03. The van der Waals surface area contributed by atoms with Crippen LogP contribution in [0.15, 0.2) is 18.2 Å². The Bertz CT molecular complexity index is 515. The molecule has 0 aliphatic carbocycles. The summed E-state index contributed by atoms with van der Waals surface area (Å²) < 4.78 is 16.1. The van der Waals surface area contributed by atoms with Crippen LogP contribution < -0.4 is 20.1 Å². The molecule has 0 saturated carbocycles. The van der Waals surface area contributed by atoms with E-state index in [4.69, 9.17) is 14.2 Å². The summed E-state index contributed by atoms with van der Waals surface area (Å²) in [5, 5.41) is 5.80. The van der Waals surface area contributed by atoms with Crippen molar-refractivity contribution in [3.63, 3.8) is 0 Å². The molecule has 0 bridgehead atoms. The molecule has 1 fully saturated rings. The minimum absolute atomic E-state index is 0.0265. The van der Waals surface area contributed by atoms with E-state index >= 15 is 0 Å². The first-order valence-corrected chi connectivity index (χ1v) is 8.01. The number of nitrogens with one attached hydrogen (secondary N) is 2. The molecule has 0 radical (unpaired) electrons. The van der Waals surface area contributed by atoms with E-state index in [0.29, 0.717) is 18.0 Å². The Hall–Kier alpha value is -1.95. The number of hydrogen-bond acceptors (Lipinski definition) is 4. The molecule has 1 heterocycles. The molecule has 1 aromatic rings. The van der Waals surface area contributed by atoms with Crippen molar-refractivity contribution in [3.05, 3.63) is 23.8 Å². The van der Waals surface area contributed by atoms with Gasteiger partial charge in [0.25, 0.3) is 0 Å². The number of benzene rings is 1. The predicted molar refractivity (Wildman–Crippen MR) is 88.2 cm³/mol. The highest BCUT2D eigenvalue weighted by atomic mass is 16.5. The van der Waals surface area contributed by atoms with E-state index in [-0.39, 0.29) is 18.2 Å². The van der Waals surface area contributed by atoms with Gasteiger partial charge in [-0.2, -0.15) is 0 Å². The van der Waals surface area contributed by atoms with Crippen LogP contribution in [0.25, 0.3) is 0 Å². The van der Waals surface area contributed by atoms with E-state index < -0.39 is 0 Å². The molecular formula is C17H26N2O4. The maximum absolute atomic E-state index is 11.9. The lowest BCUT2D eigenvalue weighted by Gasteiger charge is -2.20. The van der Waals surface area contributed by atoms with Crippen LogP contribution in [-0.4, -0.2) is 45.5 Å². The predicted octanol–water partition coefficient (Wildman–Crippen LogP) is 2.11. The summed E-state index contributed by atoms with van der Waals surface area (Å²) in [6.45, 7) is 3.32. The fourth-order valence-corrected chi connectivity index (χ4v) is 2.70. The van der Waals surface area contributed by atoms with Gasteiger partial charge in [0.05, 0.1) is 26.4 Å². The smallest absolute Gasteiger partial charge is 0.315 e. The van der Waals surface area contributed by atoms with Gasteiger partial charge < -0.3 is 24.8 Å². The molecule has 1 aliphatic heterocycles. The number of methoxy groups -OCH3 is 2. The number of hydrogen-bond donors (Lipinski definition) is 2. The SMILES string of the molecule is COc1ccc(CCNC(=O)N[C@H](C)[C@H]2CCCO2)cc1OC. The van der Waals surface area contributed by atoms with Crippen molar-refractivity contribution >= 4 is 6.03 Å². The summed E-state index contributed by atoms with van der Waals surface area (Å²) >= 11 is 0. The van der Waals surface area contributed by atoms with Gasteiger partial charge in [-0.15, -0.1) is 0 Å². The number of urea groups is 1. The van der Waals surface area contributed by atoms with Crippen molar-refractivity contribution < 1.29 is 19.0 Å². The van der Waals surface area contributed by atoms with Crippen molar-refractivity contribution in [1.82, 2.24) is 10.6 Å². The zero-order valence-corrected chi connectivity index (χ0v) is 14.1. The van der Waals surface area contributed by atoms with E-state index in [2.05, 4.69) is 10.6 Å². The third-order valence-electron chi connectivity index (χ3n) is 4.03. The third-order valence-corrected chi connectivity index (χ3v) is 4.03. The second kappa shape index (κ2) is 8.62. The van der Waals surface area contributed by atoms with Crippen molar-refractivity contribution in [2.75, 3.05) is 27.4 Å². The fourth-order valence-electron chi connectivity index (χ4n) is 2.70. The van der Waals surface area contributed by atoms with Crippen LogP contribution >= 0.6 is 0 Å². The van der Waals surface area contributed by atoms with Gasteiger partial charge in [-0.3, -0.25) is 0 Å². The topological polar surface area (TPSA) is 68.8 Å². The van der Waals surface area contributed by atoms with Crippen LogP contribution in [0, 0.1) is 0 Å². The highest BCUT2D eigenvalue weighted by Gasteiger charge is 2.23. The molecule has 1 saturated heterocycles. The molecule has 0 spiro atoms. The van der Waals surface area contributed by atoms with Crippen LogP contribution in [0.2, 0.25) is 0 Å². The van der Waals surface area contributed by atoms with E-state index in [9.17, 15) is 4.79 Å². The maximum atomic E-state index is 11.9.